The van der Waals surface area contributed by atoms with Crippen LogP contribution in [-0.2, 0) is 12.5 Å². The Hall–Kier alpha value is -1.93. The fourth-order valence-electron chi connectivity index (χ4n) is 5.17. The third kappa shape index (κ3) is 3.87. The molecule has 0 N–H and O–H groups in total. The molecule has 160 valence electrons. The maximum atomic E-state index is 2.51. The van der Waals surface area contributed by atoms with E-state index in [4.69, 9.17) is 0 Å². The predicted molar refractivity (Wildman–Crippen MR) is 135 cm³/mol. The zero-order chi connectivity index (χ0) is 22.3. The molecular weight excluding hydrogens is 378 g/mol. The normalized spacial score (nSPS) is 12.7. The van der Waals surface area contributed by atoms with Gasteiger partial charge >= 0.3 is 0 Å². The van der Waals surface area contributed by atoms with Crippen LogP contribution in [0, 0.1) is 6.92 Å². The van der Waals surface area contributed by atoms with Crippen molar-refractivity contribution in [2.45, 2.75) is 78.4 Å². The average Bonchev–Trinajstić information content (AvgIpc) is 2.69. The molecule has 0 aliphatic rings. The minimum atomic E-state index is -1.48. The number of hydrogen-bond acceptors (Lipinski definition) is 0. The van der Waals surface area contributed by atoms with Gasteiger partial charge < -0.3 is 0 Å². The minimum Gasteiger partial charge on any atom is -0.200 e. The Morgan fingerprint density at radius 1 is 0.933 bits per heavy atom. The van der Waals surface area contributed by atoms with Gasteiger partial charge in [-0.3, -0.25) is 0 Å². The number of pyridine rings is 1. The van der Waals surface area contributed by atoms with E-state index in [2.05, 4.69) is 116 Å². The van der Waals surface area contributed by atoms with Crippen LogP contribution in [0.5, 0.6) is 0 Å². The van der Waals surface area contributed by atoms with Gasteiger partial charge in [0, 0.05) is 11.6 Å². The van der Waals surface area contributed by atoms with Gasteiger partial charge in [-0.15, -0.1) is 0 Å². The van der Waals surface area contributed by atoms with Gasteiger partial charge in [0.1, 0.15) is 7.05 Å². The van der Waals surface area contributed by atoms with E-state index >= 15 is 0 Å². The third-order valence-electron chi connectivity index (χ3n) is 7.44. The summed E-state index contributed by atoms with van der Waals surface area (Å²) in [4.78, 5) is 0. The van der Waals surface area contributed by atoms with Crippen molar-refractivity contribution in [2.75, 3.05) is 0 Å². The van der Waals surface area contributed by atoms with Crippen molar-refractivity contribution >= 4 is 24.0 Å². The van der Waals surface area contributed by atoms with Crippen molar-refractivity contribution < 1.29 is 4.57 Å². The molecule has 0 fully saturated rings. The lowest BCUT2D eigenvalue weighted by Crippen LogP contribution is -2.49. The first-order valence-electron chi connectivity index (χ1n) is 11.6. The second-order valence-electron chi connectivity index (χ2n) is 10.4. The summed E-state index contributed by atoms with van der Waals surface area (Å²) in [6.45, 7) is 18.8. The van der Waals surface area contributed by atoms with Gasteiger partial charge in [0.25, 0.3) is 0 Å². The highest BCUT2D eigenvalue weighted by Crippen LogP contribution is 2.34. The zero-order valence-corrected chi connectivity index (χ0v) is 21.6. The summed E-state index contributed by atoms with van der Waals surface area (Å²) in [5.41, 5.74) is 6.30. The number of fused-ring (bicyclic) bond motifs is 1. The molecule has 3 rings (SSSR count). The van der Waals surface area contributed by atoms with Gasteiger partial charge in [0.05, 0.1) is 13.5 Å². The van der Waals surface area contributed by atoms with Crippen molar-refractivity contribution in [2.24, 2.45) is 7.05 Å². The zero-order valence-electron chi connectivity index (χ0n) is 20.6. The van der Waals surface area contributed by atoms with E-state index in [1.807, 2.05) is 0 Å². The highest BCUT2D eigenvalue weighted by atomic mass is 28.3. The highest BCUT2D eigenvalue weighted by molar-refractivity contribution is 6.92. The molecule has 0 radical (unpaired) electrons. The lowest BCUT2D eigenvalue weighted by molar-refractivity contribution is -0.659. The van der Waals surface area contributed by atoms with Gasteiger partial charge in [0.2, 0.25) is 5.69 Å². The van der Waals surface area contributed by atoms with Gasteiger partial charge in [-0.2, -0.15) is 0 Å². The molecule has 0 bridgehead atoms. The van der Waals surface area contributed by atoms with Crippen molar-refractivity contribution in [1.29, 1.82) is 0 Å². The number of benzene rings is 2. The molecule has 0 saturated carbocycles. The van der Waals surface area contributed by atoms with Crippen LogP contribution in [0.15, 0.2) is 48.7 Å². The van der Waals surface area contributed by atoms with E-state index in [0.717, 1.165) is 5.54 Å². The number of aromatic nitrogens is 1. The van der Waals surface area contributed by atoms with Crippen LogP contribution in [-0.4, -0.2) is 8.07 Å². The Bertz CT molecular complexity index is 1050. The molecule has 0 amide bonds. The number of aryl methyl sites for hydroxylation is 2. The number of rotatable bonds is 5. The Labute approximate surface area is 185 Å². The topological polar surface area (TPSA) is 3.88 Å². The predicted octanol–water partition coefficient (Wildman–Crippen LogP) is 7.04. The molecule has 0 unspecified atom stereocenters. The summed E-state index contributed by atoms with van der Waals surface area (Å²) >= 11 is 0. The molecule has 0 aliphatic carbocycles. The molecule has 1 heterocycles. The van der Waals surface area contributed by atoms with Crippen molar-refractivity contribution in [3.05, 3.63) is 59.8 Å². The van der Waals surface area contributed by atoms with Gasteiger partial charge in [-0.1, -0.05) is 90.0 Å². The highest BCUT2D eigenvalue weighted by Gasteiger charge is 2.35. The Kier molecular flexibility index (Phi) is 6.29. The molecular formula is C28H40NSi+. The summed E-state index contributed by atoms with van der Waals surface area (Å²) in [5.74, 6) is 0. The Morgan fingerprint density at radius 2 is 1.60 bits per heavy atom. The fourth-order valence-corrected chi connectivity index (χ4v) is 9.64. The molecule has 0 aliphatic heterocycles. The number of hydrogen-bond donors (Lipinski definition) is 0. The van der Waals surface area contributed by atoms with Crippen molar-refractivity contribution in [1.82, 2.24) is 0 Å². The van der Waals surface area contributed by atoms with Crippen LogP contribution in [0.3, 0.4) is 0 Å². The van der Waals surface area contributed by atoms with E-state index in [9.17, 15) is 0 Å². The monoisotopic (exact) mass is 418 g/mol. The van der Waals surface area contributed by atoms with Crippen LogP contribution in [0.2, 0.25) is 17.6 Å². The maximum absolute atomic E-state index is 2.51. The maximum Gasteiger partial charge on any atom is 0.220 e. The van der Waals surface area contributed by atoms with Crippen LogP contribution >= 0.6 is 0 Å². The fraction of sp³-hybridized carbons (Fsp3) is 0.464. The Balaban J connectivity index is 2.27. The lowest BCUT2D eigenvalue weighted by atomic mass is 9.84. The smallest absolute Gasteiger partial charge is 0.200 e. The molecule has 1 nitrogen and oxygen atoms in total. The largest absolute Gasteiger partial charge is 0.220 e. The minimum absolute atomic E-state index is 0.142. The summed E-state index contributed by atoms with van der Waals surface area (Å²) in [7, 11) is 0.702. The van der Waals surface area contributed by atoms with Crippen LogP contribution in [0.25, 0.3) is 22.0 Å². The summed E-state index contributed by atoms with van der Waals surface area (Å²) in [6, 6.07) is 19.3. The first-order valence-corrected chi connectivity index (χ1v) is 14.1. The van der Waals surface area contributed by atoms with Crippen LogP contribution < -0.4 is 9.75 Å². The molecule has 3 aromatic rings. The summed E-state index contributed by atoms with van der Waals surface area (Å²) in [5, 5.41) is 4.35. The standard InChI is InChI=1S/C28H40NSi/c1-10-30(11-2,20(3)4)24-14-15-25-22(18-24)16-17-29(9)27(25)26-19-23(28(6,7)8)13-12-21(26)5/h12-20H,10-11H2,1-9H3/q+1. The average molecular weight is 419 g/mol. The second kappa shape index (κ2) is 8.30. The van der Waals surface area contributed by atoms with E-state index in [-0.39, 0.29) is 5.41 Å². The molecule has 0 atom stereocenters. The Morgan fingerprint density at radius 3 is 2.17 bits per heavy atom. The third-order valence-corrected chi connectivity index (χ3v) is 13.6. The molecule has 2 aromatic carbocycles. The molecule has 30 heavy (non-hydrogen) atoms. The SMILES string of the molecule is CC[Si](CC)(c1ccc2c(-c3cc(C(C)(C)C)ccc3C)[n+](C)ccc2c1)C(C)C. The van der Waals surface area contributed by atoms with E-state index in [1.54, 1.807) is 5.19 Å². The summed E-state index contributed by atoms with van der Waals surface area (Å²) in [6.07, 6.45) is 2.24. The van der Waals surface area contributed by atoms with Gasteiger partial charge in [0.15, 0.2) is 6.20 Å². The quantitative estimate of drug-likeness (QED) is 0.309. The first-order chi connectivity index (χ1) is 14.0. The van der Waals surface area contributed by atoms with Gasteiger partial charge in [-0.25, -0.2) is 4.57 Å². The van der Waals surface area contributed by atoms with Crippen molar-refractivity contribution in [3.8, 4) is 11.3 Å². The van der Waals surface area contributed by atoms with Crippen LogP contribution in [0.1, 0.15) is 59.6 Å². The molecule has 2 heteroatoms. The van der Waals surface area contributed by atoms with Crippen LogP contribution in [0.4, 0.5) is 0 Å². The summed E-state index contributed by atoms with van der Waals surface area (Å²) < 4.78 is 2.30. The molecule has 0 spiro atoms. The molecule has 0 saturated heterocycles. The van der Waals surface area contributed by atoms with E-state index < -0.39 is 8.07 Å². The van der Waals surface area contributed by atoms with Crippen molar-refractivity contribution in [3.63, 3.8) is 0 Å². The van der Waals surface area contributed by atoms with Gasteiger partial charge in [-0.05, 0) is 46.5 Å². The number of nitrogens with zero attached hydrogens (tertiary/aromatic N) is 1. The first kappa shape index (κ1) is 22.7. The second-order valence-corrected chi connectivity index (χ2v) is 15.8. The van der Waals surface area contributed by atoms with E-state index in [1.165, 1.54) is 45.2 Å². The molecule has 1 aromatic heterocycles. The lowest BCUT2D eigenvalue weighted by Gasteiger charge is -2.34. The van der Waals surface area contributed by atoms with E-state index in [0.29, 0.717) is 0 Å².